The Bertz CT molecular complexity index is 1630. The van der Waals surface area contributed by atoms with Gasteiger partial charge in [-0.05, 0) is 36.8 Å². The quantitative estimate of drug-likeness (QED) is 0.349. The number of hydrogen-bond donors (Lipinski definition) is 2. The molecular weight excluding hydrogens is 532 g/mol. The van der Waals surface area contributed by atoms with Crippen molar-refractivity contribution < 1.29 is 31.1 Å². The van der Waals surface area contributed by atoms with Gasteiger partial charge in [-0.2, -0.15) is 27.1 Å². The van der Waals surface area contributed by atoms with Gasteiger partial charge < -0.3 is 11.1 Å². The highest BCUT2D eigenvalue weighted by Gasteiger charge is 2.60. The number of aryl methyl sites for hydroxylation is 1. The number of hydrogen-bond acceptors (Lipinski definition) is 8. The van der Waals surface area contributed by atoms with Crippen LogP contribution in [0.15, 0.2) is 31.0 Å². The van der Waals surface area contributed by atoms with E-state index >= 15 is 0 Å². The first-order valence-electron chi connectivity index (χ1n) is 11.7. The summed E-state index contributed by atoms with van der Waals surface area (Å²) in [4.78, 5) is 34.1. The second-order valence-corrected chi connectivity index (χ2v) is 9.39. The fourth-order valence-corrected chi connectivity index (χ4v) is 5.02. The summed E-state index contributed by atoms with van der Waals surface area (Å²) in [5.41, 5.74) is 5.23. The molecule has 4 aromatic heterocycles. The lowest BCUT2D eigenvalue weighted by Gasteiger charge is -2.28. The first-order chi connectivity index (χ1) is 18.4. The first-order valence-corrected chi connectivity index (χ1v) is 11.7. The smallest absolute Gasteiger partial charge is 0.383 e. The highest BCUT2D eigenvalue weighted by atomic mass is 19.4. The van der Waals surface area contributed by atoms with Crippen molar-refractivity contribution in [3.8, 4) is 11.5 Å². The van der Waals surface area contributed by atoms with Crippen LogP contribution in [0.3, 0.4) is 0 Å². The summed E-state index contributed by atoms with van der Waals surface area (Å²) >= 11 is 0. The van der Waals surface area contributed by atoms with Crippen molar-refractivity contribution in [3.63, 3.8) is 0 Å². The number of nitrogens with two attached hydrogens (primary N) is 1. The predicted molar refractivity (Wildman–Crippen MR) is 122 cm³/mol. The monoisotopic (exact) mass is 549 g/mol. The van der Waals surface area contributed by atoms with E-state index in [1.165, 1.54) is 18.5 Å². The number of anilines is 2. The Kier molecular flexibility index (Phi) is 5.32. The number of nitrogens with zero attached hydrogens (tertiary/aromatic N) is 7. The van der Waals surface area contributed by atoms with Gasteiger partial charge in [0.2, 0.25) is 5.91 Å². The van der Waals surface area contributed by atoms with E-state index in [-0.39, 0.29) is 46.0 Å². The molecule has 1 atom stereocenters. The SMILES string of the molecule is Nc1nc(-c2cn3ncnc3c(CCC(F)(F)C(F)(F)F)n2)nc2c1C(c1cncc(F)c1)(C1CC1)C(=O)N2. The molecule has 10 nitrogen and oxygen atoms in total. The van der Waals surface area contributed by atoms with E-state index in [0.29, 0.717) is 18.4 Å². The maximum Gasteiger partial charge on any atom is 0.453 e. The van der Waals surface area contributed by atoms with Gasteiger partial charge in [0.15, 0.2) is 11.5 Å². The summed E-state index contributed by atoms with van der Waals surface area (Å²) in [6.07, 6.45) is -1.96. The van der Waals surface area contributed by atoms with E-state index in [1.807, 2.05) is 0 Å². The zero-order valence-corrected chi connectivity index (χ0v) is 19.7. The molecule has 0 bridgehead atoms. The molecule has 3 N–H and O–H groups in total. The Morgan fingerprint density at radius 3 is 2.59 bits per heavy atom. The van der Waals surface area contributed by atoms with Crippen LogP contribution in [0, 0.1) is 11.7 Å². The summed E-state index contributed by atoms with van der Waals surface area (Å²) in [6.45, 7) is 0. The number of fused-ring (bicyclic) bond motifs is 2. The number of nitrogen functional groups attached to an aromatic ring is 1. The molecule has 1 fully saturated rings. The van der Waals surface area contributed by atoms with Crippen LogP contribution in [0.5, 0.6) is 0 Å². The first kappa shape index (κ1) is 24.9. The van der Waals surface area contributed by atoms with Crippen molar-refractivity contribution in [1.82, 2.24) is 34.5 Å². The number of carbonyl (C=O) groups excluding carboxylic acids is 1. The van der Waals surface area contributed by atoms with E-state index in [0.717, 1.165) is 17.0 Å². The number of alkyl halides is 5. The normalized spacial score (nSPS) is 19.4. The number of rotatable bonds is 6. The molecule has 0 saturated heterocycles. The number of pyridine rings is 1. The van der Waals surface area contributed by atoms with Crippen molar-refractivity contribution in [1.29, 1.82) is 0 Å². The average Bonchev–Trinajstić information content (AvgIpc) is 3.51. The van der Waals surface area contributed by atoms with Gasteiger partial charge in [-0.1, -0.05) is 0 Å². The van der Waals surface area contributed by atoms with Gasteiger partial charge in [0, 0.05) is 12.6 Å². The molecule has 1 amide bonds. The molecule has 2 aliphatic rings. The maximum atomic E-state index is 14.1. The Morgan fingerprint density at radius 1 is 1.13 bits per heavy atom. The Hall–Kier alpha value is -4.37. The number of carbonyl (C=O) groups is 1. The van der Waals surface area contributed by atoms with Crippen LogP contribution in [-0.4, -0.2) is 52.5 Å². The summed E-state index contributed by atoms with van der Waals surface area (Å²) < 4.78 is 80.6. The van der Waals surface area contributed by atoms with E-state index in [4.69, 9.17) is 5.73 Å². The van der Waals surface area contributed by atoms with Gasteiger partial charge in [0.25, 0.3) is 0 Å². The van der Waals surface area contributed by atoms with Gasteiger partial charge in [-0.25, -0.2) is 28.8 Å². The molecule has 1 aliphatic carbocycles. The Labute approximate surface area is 214 Å². The van der Waals surface area contributed by atoms with Crippen molar-refractivity contribution >= 4 is 23.2 Å². The summed E-state index contributed by atoms with van der Waals surface area (Å²) in [5.74, 6) is -6.49. The van der Waals surface area contributed by atoms with Crippen LogP contribution < -0.4 is 11.1 Å². The predicted octanol–water partition coefficient (Wildman–Crippen LogP) is 3.48. The van der Waals surface area contributed by atoms with E-state index in [9.17, 15) is 31.1 Å². The topological polar surface area (TPSA) is 137 Å². The van der Waals surface area contributed by atoms with Crippen LogP contribution in [0.2, 0.25) is 0 Å². The third-order valence-electron chi connectivity index (χ3n) is 6.92. The zero-order chi connectivity index (χ0) is 27.7. The van der Waals surface area contributed by atoms with Crippen LogP contribution in [-0.2, 0) is 16.6 Å². The second kappa shape index (κ2) is 8.31. The number of halogens is 6. The third kappa shape index (κ3) is 3.84. The fraction of sp³-hybridized carbons (Fsp3) is 0.348. The molecule has 202 valence electrons. The molecule has 16 heteroatoms. The number of amides is 1. The number of nitrogens with one attached hydrogen (secondary N) is 1. The minimum atomic E-state index is -5.73. The average molecular weight is 549 g/mol. The summed E-state index contributed by atoms with van der Waals surface area (Å²) in [6, 6.07) is 1.20. The van der Waals surface area contributed by atoms with Crippen molar-refractivity contribution in [3.05, 3.63) is 53.6 Å². The Morgan fingerprint density at radius 2 is 1.90 bits per heavy atom. The van der Waals surface area contributed by atoms with Crippen molar-refractivity contribution in [2.75, 3.05) is 11.1 Å². The molecular formula is C23H17F6N9O. The Balaban J connectivity index is 1.44. The molecule has 1 aliphatic heterocycles. The van der Waals surface area contributed by atoms with Crippen LogP contribution in [0.25, 0.3) is 17.2 Å². The van der Waals surface area contributed by atoms with Crippen LogP contribution in [0.4, 0.5) is 38.0 Å². The fourth-order valence-electron chi connectivity index (χ4n) is 5.02. The van der Waals surface area contributed by atoms with Crippen LogP contribution >= 0.6 is 0 Å². The summed E-state index contributed by atoms with van der Waals surface area (Å²) in [5, 5.41) is 6.61. The molecule has 1 unspecified atom stereocenters. The third-order valence-corrected chi connectivity index (χ3v) is 6.92. The van der Waals surface area contributed by atoms with E-state index in [1.54, 1.807) is 0 Å². The molecule has 39 heavy (non-hydrogen) atoms. The molecule has 5 heterocycles. The van der Waals surface area contributed by atoms with Gasteiger partial charge in [-0.15, -0.1) is 0 Å². The largest absolute Gasteiger partial charge is 0.453 e. The zero-order valence-electron chi connectivity index (χ0n) is 19.7. The summed E-state index contributed by atoms with van der Waals surface area (Å²) in [7, 11) is 0. The molecule has 6 rings (SSSR count). The lowest BCUT2D eigenvalue weighted by atomic mass is 9.72. The van der Waals surface area contributed by atoms with Crippen molar-refractivity contribution in [2.24, 2.45) is 5.92 Å². The lowest BCUT2D eigenvalue weighted by Crippen LogP contribution is -2.38. The van der Waals surface area contributed by atoms with Crippen LogP contribution in [0.1, 0.15) is 36.1 Å². The van der Waals surface area contributed by atoms with Gasteiger partial charge in [-0.3, -0.25) is 9.78 Å². The maximum absolute atomic E-state index is 14.1. The van der Waals surface area contributed by atoms with Gasteiger partial charge >= 0.3 is 12.1 Å². The molecule has 0 spiro atoms. The minimum Gasteiger partial charge on any atom is -0.383 e. The highest BCUT2D eigenvalue weighted by molar-refractivity contribution is 6.10. The van der Waals surface area contributed by atoms with E-state index < -0.39 is 42.1 Å². The van der Waals surface area contributed by atoms with Gasteiger partial charge in [0.05, 0.1) is 23.7 Å². The number of aromatic nitrogens is 7. The molecule has 1 saturated carbocycles. The highest BCUT2D eigenvalue weighted by Crippen LogP contribution is 2.57. The standard InChI is InChI=1S/C23H17F6N9O/c24-12-5-11(6-31-7-12)22(10-1-2-10)15-16(30)35-17(36-18(15)37-20(22)39)14-8-38-19(32-9-33-38)13(34-14)3-4-21(25,26)23(27,28)29/h5-10H,1-4H2,(H3,30,35,36,37,39). The lowest BCUT2D eigenvalue weighted by molar-refractivity contribution is -0.284. The molecule has 0 radical (unpaired) electrons. The molecule has 0 aromatic carbocycles. The van der Waals surface area contributed by atoms with Gasteiger partial charge in [0.1, 0.15) is 34.9 Å². The molecule has 4 aromatic rings. The second-order valence-electron chi connectivity index (χ2n) is 9.39. The van der Waals surface area contributed by atoms with Crippen molar-refractivity contribution in [2.45, 2.75) is 43.2 Å². The minimum absolute atomic E-state index is 0.0227. The van der Waals surface area contributed by atoms with E-state index in [2.05, 4.69) is 35.3 Å².